The van der Waals surface area contributed by atoms with Crippen LogP contribution in [0.5, 0.6) is 5.75 Å². The molecule has 13 atom stereocenters. The summed E-state index contributed by atoms with van der Waals surface area (Å²) in [6, 6.07) is 6.61. The van der Waals surface area contributed by atoms with Gasteiger partial charge in [0.05, 0.1) is 43.0 Å². The minimum atomic E-state index is -1.41. The number of hydrogen-bond donors (Lipinski definition) is 1. The number of carbonyl (C=O) groups excluding carboxylic acids is 4. The van der Waals surface area contributed by atoms with Gasteiger partial charge in [0, 0.05) is 55.8 Å². The van der Waals surface area contributed by atoms with Crippen LogP contribution < -0.4 is 4.74 Å². The number of fused-ring (bicyclic) bond motifs is 1. The molecule has 0 aliphatic carbocycles. The Morgan fingerprint density at radius 2 is 1.65 bits per heavy atom. The summed E-state index contributed by atoms with van der Waals surface area (Å²) >= 11 is 0. The SMILES string of the molecule is CC[C@H]1OC(=O)[C@H](C)C(=O)[C@H](C)[C@@H](O[C@H]2O[C@@H](C)C[C@@H](N(C)C)[C@@H]2O)[C@](C)(OC)C[C@@H](C)C(=O)[C@@H](C)[C@H]2N(CCCCn3cnc(-c4ccccc4OC)c3)C(=O)O[C@]12C. The number of benzene rings is 1. The molecule has 334 valence electrons. The number of esters is 1. The van der Waals surface area contributed by atoms with E-state index in [1.165, 1.54) is 14.0 Å². The number of aryl methyl sites for hydroxylation is 1. The van der Waals surface area contributed by atoms with E-state index in [-0.39, 0.29) is 37.3 Å². The number of unbranched alkanes of at least 4 members (excludes halogenated alkanes) is 1. The fourth-order valence-corrected chi connectivity index (χ4v) is 9.76. The molecule has 15 nitrogen and oxygen atoms in total. The number of methoxy groups -OCH3 is 2. The number of ether oxygens (including phenoxy) is 6. The average Bonchev–Trinajstić information content (AvgIpc) is 3.80. The summed E-state index contributed by atoms with van der Waals surface area (Å²) in [5.41, 5.74) is -1.01. The summed E-state index contributed by atoms with van der Waals surface area (Å²) in [5.74, 6) is -4.25. The predicted molar refractivity (Wildman–Crippen MR) is 223 cm³/mol. The molecule has 1 N–H and O–H groups in total. The minimum Gasteiger partial charge on any atom is -0.496 e. The highest BCUT2D eigenvalue weighted by atomic mass is 16.7. The smallest absolute Gasteiger partial charge is 0.410 e. The third kappa shape index (κ3) is 9.60. The molecule has 1 amide bonds. The van der Waals surface area contributed by atoms with Crippen molar-refractivity contribution in [1.82, 2.24) is 19.4 Å². The summed E-state index contributed by atoms with van der Waals surface area (Å²) in [5, 5.41) is 11.5. The lowest BCUT2D eigenvalue weighted by Gasteiger charge is -2.47. The Morgan fingerprint density at radius 3 is 2.30 bits per heavy atom. The first-order chi connectivity index (χ1) is 28.3. The van der Waals surface area contributed by atoms with E-state index in [0.29, 0.717) is 25.8 Å². The Balaban J connectivity index is 1.43. The number of rotatable bonds is 12. The number of ketones is 2. The van der Waals surface area contributed by atoms with Crippen LogP contribution in [-0.2, 0) is 44.6 Å². The molecule has 3 saturated heterocycles. The number of cyclic esters (lactones) is 1. The van der Waals surface area contributed by atoms with Crippen LogP contribution >= 0.6 is 0 Å². The zero-order chi connectivity index (χ0) is 44.3. The summed E-state index contributed by atoms with van der Waals surface area (Å²) in [6.45, 7) is 14.9. The number of amides is 1. The molecule has 60 heavy (non-hydrogen) atoms. The maximum absolute atomic E-state index is 14.7. The molecule has 3 aliphatic heterocycles. The molecule has 1 aromatic heterocycles. The average molecular weight is 841 g/mol. The Labute approximate surface area is 355 Å². The quantitative estimate of drug-likeness (QED) is 0.161. The van der Waals surface area contributed by atoms with Gasteiger partial charge in [0.1, 0.15) is 29.7 Å². The maximum Gasteiger partial charge on any atom is 0.410 e. The molecular weight excluding hydrogens is 773 g/mol. The number of carbonyl (C=O) groups is 4. The number of aliphatic hydroxyl groups excluding tert-OH is 1. The van der Waals surface area contributed by atoms with Crippen molar-refractivity contribution in [2.24, 2.45) is 23.7 Å². The number of imidazole rings is 1. The molecule has 2 aromatic rings. The van der Waals surface area contributed by atoms with Crippen LogP contribution in [0.25, 0.3) is 11.3 Å². The first-order valence-corrected chi connectivity index (χ1v) is 21.4. The van der Waals surface area contributed by atoms with Crippen molar-refractivity contribution in [3.63, 3.8) is 0 Å². The van der Waals surface area contributed by atoms with Gasteiger partial charge in [-0.05, 0) is 86.0 Å². The zero-order valence-electron chi connectivity index (χ0n) is 37.6. The molecule has 0 radical (unpaired) electrons. The number of aromatic nitrogens is 2. The van der Waals surface area contributed by atoms with Crippen molar-refractivity contribution in [2.75, 3.05) is 34.9 Å². The predicted octanol–water partition coefficient (Wildman–Crippen LogP) is 5.54. The second-order valence-corrected chi connectivity index (χ2v) is 17.8. The highest BCUT2D eigenvalue weighted by Gasteiger charge is 2.60. The Kier molecular flexibility index (Phi) is 15.3. The maximum atomic E-state index is 14.7. The summed E-state index contributed by atoms with van der Waals surface area (Å²) < 4.78 is 38.8. The van der Waals surface area contributed by atoms with Gasteiger partial charge in [-0.15, -0.1) is 0 Å². The van der Waals surface area contributed by atoms with Crippen LogP contribution in [0.3, 0.4) is 0 Å². The third-order valence-electron chi connectivity index (χ3n) is 13.2. The number of para-hydroxylation sites is 1. The number of aliphatic hydroxyl groups is 1. The van der Waals surface area contributed by atoms with Crippen LogP contribution in [0.1, 0.15) is 87.5 Å². The summed E-state index contributed by atoms with van der Waals surface area (Å²) in [6.07, 6.45) is 0.913. The molecule has 0 bridgehead atoms. The second kappa shape index (κ2) is 19.4. The van der Waals surface area contributed by atoms with Crippen LogP contribution in [-0.4, -0.2) is 137 Å². The highest BCUT2D eigenvalue weighted by Crippen LogP contribution is 2.43. The van der Waals surface area contributed by atoms with Gasteiger partial charge in [0.2, 0.25) is 0 Å². The van der Waals surface area contributed by atoms with Crippen LogP contribution in [0.2, 0.25) is 0 Å². The number of likely N-dealkylation sites (N-methyl/N-ethyl adjacent to an activating group) is 1. The van der Waals surface area contributed by atoms with Crippen molar-refractivity contribution < 1.29 is 52.7 Å². The van der Waals surface area contributed by atoms with E-state index in [0.717, 1.165) is 17.0 Å². The van der Waals surface area contributed by atoms with Gasteiger partial charge < -0.3 is 47.9 Å². The normalized spacial score (nSPS) is 35.8. The van der Waals surface area contributed by atoms with Crippen molar-refractivity contribution in [3.8, 4) is 17.0 Å². The first-order valence-electron chi connectivity index (χ1n) is 21.4. The van der Waals surface area contributed by atoms with Crippen LogP contribution in [0.15, 0.2) is 36.8 Å². The summed E-state index contributed by atoms with van der Waals surface area (Å²) in [4.78, 5) is 65.1. The van der Waals surface area contributed by atoms with E-state index in [2.05, 4.69) is 4.98 Å². The lowest BCUT2D eigenvalue weighted by molar-refractivity contribution is -0.295. The molecule has 3 aliphatic rings. The van der Waals surface area contributed by atoms with Gasteiger partial charge >= 0.3 is 12.1 Å². The van der Waals surface area contributed by atoms with Crippen LogP contribution in [0.4, 0.5) is 4.79 Å². The fraction of sp³-hybridized carbons (Fsp3) is 0.711. The minimum absolute atomic E-state index is 0.125. The van der Waals surface area contributed by atoms with Crippen LogP contribution in [0, 0.1) is 23.7 Å². The van der Waals surface area contributed by atoms with E-state index in [4.69, 9.17) is 28.4 Å². The van der Waals surface area contributed by atoms with Gasteiger partial charge in [0.15, 0.2) is 17.7 Å². The largest absolute Gasteiger partial charge is 0.496 e. The van der Waals surface area contributed by atoms with Gasteiger partial charge in [-0.2, -0.15) is 0 Å². The lowest BCUT2D eigenvalue weighted by Crippen LogP contribution is -2.60. The van der Waals surface area contributed by atoms with Gasteiger partial charge in [-0.25, -0.2) is 9.78 Å². The van der Waals surface area contributed by atoms with Gasteiger partial charge in [-0.3, -0.25) is 14.4 Å². The van der Waals surface area contributed by atoms with E-state index < -0.39 is 83.4 Å². The van der Waals surface area contributed by atoms with Crippen molar-refractivity contribution >= 4 is 23.6 Å². The molecule has 3 fully saturated rings. The molecule has 1 aromatic carbocycles. The standard InChI is InChI=1S/C45H68N4O11/c1-13-35-45(8)39(49(43(54)60-45)21-17-16-20-48-24-32(46-25-48)31-18-14-15-19-34(31)55-11)28(4)36(50)26(2)23-44(7,56-12)40(29(5)37(51)30(6)41(53)58-35)59-42-38(52)33(47(9)10)22-27(3)57-42/h14-15,18-19,24-30,33,35,38-40,42,52H,13,16-17,20-23H2,1-12H3/t26-,27+,28-,29+,30-,33-,35-,38+,39-,40-,42-,44-,45-/m1/s1. The molecule has 5 rings (SSSR count). The molecule has 0 unspecified atom stereocenters. The Morgan fingerprint density at radius 1 is 0.967 bits per heavy atom. The fourth-order valence-electron chi connectivity index (χ4n) is 9.76. The molecular formula is C45H68N4O11. The van der Waals surface area contributed by atoms with Gasteiger partial charge in [0.25, 0.3) is 0 Å². The molecule has 15 heteroatoms. The zero-order valence-corrected chi connectivity index (χ0v) is 37.6. The lowest BCUT2D eigenvalue weighted by atomic mass is 9.73. The Bertz CT molecular complexity index is 1820. The number of nitrogens with zero attached hydrogens (tertiary/aromatic N) is 4. The van der Waals surface area contributed by atoms with Crippen molar-refractivity contribution in [2.45, 2.75) is 148 Å². The van der Waals surface area contributed by atoms with Crippen molar-refractivity contribution in [1.29, 1.82) is 0 Å². The first kappa shape index (κ1) is 47.2. The molecule has 0 spiro atoms. The number of Topliss-reactive ketones (excluding diaryl/α,β-unsaturated/α-hetero) is 2. The topological polar surface area (TPSA) is 168 Å². The van der Waals surface area contributed by atoms with Gasteiger partial charge in [-0.1, -0.05) is 39.8 Å². The van der Waals surface area contributed by atoms with E-state index in [1.54, 1.807) is 46.0 Å². The van der Waals surface area contributed by atoms with E-state index in [9.17, 15) is 24.3 Å². The summed E-state index contributed by atoms with van der Waals surface area (Å²) in [7, 11) is 6.87. The highest BCUT2D eigenvalue weighted by molar-refractivity contribution is 6.00. The third-order valence-corrected chi connectivity index (χ3v) is 13.2. The molecule has 4 heterocycles. The van der Waals surface area contributed by atoms with E-state index in [1.807, 2.05) is 74.8 Å². The van der Waals surface area contributed by atoms with E-state index >= 15 is 0 Å². The Hall–Kier alpha value is -3.89. The van der Waals surface area contributed by atoms with Crippen molar-refractivity contribution in [3.05, 3.63) is 36.8 Å². The number of hydrogen-bond acceptors (Lipinski definition) is 13. The second-order valence-electron chi connectivity index (χ2n) is 17.8. The molecule has 0 saturated carbocycles. The monoisotopic (exact) mass is 840 g/mol.